The van der Waals surface area contributed by atoms with Crippen molar-refractivity contribution in [3.63, 3.8) is 0 Å². The van der Waals surface area contributed by atoms with Gasteiger partial charge in [0.2, 0.25) is 0 Å². The molecule has 0 aliphatic carbocycles. The van der Waals surface area contributed by atoms with Crippen LogP contribution in [0, 0.1) is 11.6 Å². The van der Waals surface area contributed by atoms with E-state index in [1.807, 2.05) is 5.32 Å². The Morgan fingerprint density at radius 1 is 1.29 bits per heavy atom. The lowest BCUT2D eigenvalue weighted by atomic mass is 10.2. The van der Waals surface area contributed by atoms with Gasteiger partial charge >= 0.3 is 5.97 Å². The zero-order chi connectivity index (χ0) is 13.0. The Balaban J connectivity index is 2.82. The average Bonchev–Trinajstić information content (AvgIpc) is 2.28. The zero-order valence-electron chi connectivity index (χ0n) is 8.48. The number of aliphatic carboxylic acids is 1. The van der Waals surface area contributed by atoms with Gasteiger partial charge in [0.05, 0.1) is 6.61 Å². The van der Waals surface area contributed by atoms with Crippen LogP contribution in [-0.4, -0.2) is 34.7 Å². The van der Waals surface area contributed by atoms with Gasteiger partial charge in [-0.1, -0.05) is 0 Å². The standard InChI is InChI=1S/C10H9F2NO4/c11-6-2-1-5(3-7(6)12)9(15)13-8(4-14)10(16)17/h1-3,8,14H,4H2,(H,13,15)(H,16,17). The molecule has 0 heterocycles. The SMILES string of the molecule is O=C(NC(CO)C(=O)O)c1ccc(F)c(F)c1. The van der Waals surface area contributed by atoms with Crippen LogP contribution in [-0.2, 0) is 4.79 Å². The van der Waals surface area contributed by atoms with Crippen LogP contribution < -0.4 is 5.32 Å². The quantitative estimate of drug-likeness (QED) is 0.704. The average molecular weight is 245 g/mol. The fourth-order valence-corrected chi connectivity index (χ4v) is 1.06. The number of hydrogen-bond acceptors (Lipinski definition) is 3. The Kier molecular flexibility index (Phi) is 4.11. The van der Waals surface area contributed by atoms with Gasteiger partial charge in [0.1, 0.15) is 0 Å². The van der Waals surface area contributed by atoms with E-state index in [1.165, 1.54) is 0 Å². The number of carboxylic acids is 1. The fraction of sp³-hybridized carbons (Fsp3) is 0.200. The van der Waals surface area contributed by atoms with Crippen LogP contribution in [0.15, 0.2) is 18.2 Å². The van der Waals surface area contributed by atoms with Crippen molar-refractivity contribution in [1.82, 2.24) is 5.32 Å². The number of hydrogen-bond donors (Lipinski definition) is 3. The van der Waals surface area contributed by atoms with Gasteiger partial charge in [0.25, 0.3) is 5.91 Å². The van der Waals surface area contributed by atoms with Crippen LogP contribution in [0.5, 0.6) is 0 Å². The van der Waals surface area contributed by atoms with Crippen LogP contribution in [0.3, 0.4) is 0 Å². The van der Waals surface area contributed by atoms with Gasteiger partial charge in [0, 0.05) is 5.56 Å². The van der Waals surface area contributed by atoms with E-state index in [0.29, 0.717) is 6.07 Å². The maximum absolute atomic E-state index is 12.8. The predicted molar refractivity (Wildman–Crippen MR) is 52.3 cm³/mol. The Labute approximate surface area is 94.7 Å². The summed E-state index contributed by atoms with van der Waals surface area (Å²) in [6.07, 6.45) is 0. The highest BCUT2D eigenvalue weighted by molar-refractivity contribution is 5.96. The third-order valence-corrected chi connectivity index (χ3v) is 1.97. The number of carbonyl (C=O) groups is 2. The molecule has 1 aromatic carbocycles. The van der Waals surface area contributed by atoms with Crippen LogP contribution in [0.25, 0.3) is 0 Å². The number of carboxylic acid groups (broad SMARTS) is 1. The van der Waals surface area contributed by atoms with Crippen LogP contribution >= 0.6 is 0 Å². The van der Waals surface area contributed by atoms with E-state index >= 15 is 0 Å². The highest BCUT2D eigenvalue weighted by atomic mass is 19.2. The lowest BCUT2D eigenvalue weighted by Gasteiger charge is -2.11. The highest BCUT2D eigenvalue weighted by Gasteiger charge is 2.20. The molecule has 1 atom stereocenters. The second kappa shape index (κ2) is 5.35. The molecular weight excluding hydrogens is 236 g/mol. The van der Waals surface area contributed by atoms with Gasteiger partial charge in [0.15, 0.2) is 17.7 Å². The molecule has 0 bridgehead atoms. The first-order valence-electron chi connectivity index (χ1n) is 4.55. The van der Waals surface area contributed by atoms with Gasteiger partial charge in [-0.3, -0.25) is 4.79 Å². The first-order chi connectivity index (χ1) is 7.95. The fourth-order valence-electron chi connectivity index (χ4n) is 1.06. The Morgan fingerprint density at radius 2 is 1.94 bits per heavy atom. The molecule has 7 heteroatoms. The molecule has 0 aromatic heterocycles. The molecule has 1 amide bonds. The second-order valence-corrected chi connectivity index (χ2v) is 3.18. The molecule has 3 N–H and O–H groups in total. The second-order valence-electron chi connectivity index (χ2n) is 3.18. The third kappa shape index (κ3) is 3.22. The summed E-state index contributed by atoms with van der Waals surface area (Å²) >= 11 is 0. The topological polar surface area (TPSA) is 86.6 Å². The first kappa shape index (κ1) is 13.0. The Morgan fingerprint density at radius 3 is 2.41 bits per heavy atom. The van der Waals surface area contributed by atoms with Gasteiger partial charge < -0.3 is 15.5 Å². The monoisotopic (exact) mass is 245 g/mol. The summed E-state index contributed by atoms with van der Waals surface area (Å²) in [6.45, 7) is -0.801. The van der Waals surface area contributed by atoms with Crippen LogP contribution in [0.2, 0.25) is 0 Å². The summed E-state index contributed by atoms with van der Waals surface area (Å²) in [7, 11) is 0. The molecule has 1 aromatic rings. The van der Waals surface area contributed by atoms with E-state index in [9.17, 15) is 18.4 Å². The largest absolute Gasteiger partial charge is 0.480 e. The van der Waals surface area contributed by atoms with Crippen molar-refractivity contribution in [2.45, 2.75) is 6.04 Å². The molecule has 0 spiro atoms. The molecule has 92 valence electrons. The summed E-state index contributed by atoms with van der Waals surface area (Å²) in [5.41, 5.74) is -0.233. The van der Waals surface area contributed by atoms with Gasteiger partial charge in [-0.2, -0.15) is 0 Å². The molecule has 0 saturated carbocycles. The smallest absolute Gasteiger partial charge is 0.328 e. The number of nitrogens with one attached hydrogen (secondary N) is 1. The maximum Gasteiger partial charge on any atom is 0.328 e. The lowest BCUT2D eigenvalue weighted by Crippen LogP contribution is -2.43. The number of aliphatic hydroxyl groups excluding tert-OH is 1. The molecule has 1 rings (SSSR count). The van der Waals surface area contributed by atoms with E-state index < -0.39 is 36.2 Å². The van der Waals surface area contributed by atoms with Crippen molar-refractivity contribution in [3.8, 4) is 0 Å². The first-order valence-corrected chi connectivity index (χ1v) is 4.55. The third-order valence-electron chi connectivity index (χ3n) is 1.97. The van der Waals surface area contributed by atoms with E-state index in [1.54, 1.807) is 0 Å². The number of benzene rings is 1. The number of amides is 1. The van der Waals surface area contributed by atoms with E-state index in [-0.39, 0.29) is 5.56 Å². The van der Waals surface area contributed by atoms with Crippen molar-refractivity contribution in [3.05, 3.63) is 35.4 Å². The molecule has 0 fully saturated rings. The molecule has 0 saturated heterocycles. The van der Waals surface area contributed by atoms with E-state index in [0.717, 1.165) is 12.1 Å². The van der Waals surface area contributed by atoms with E-state index in [4.69, 9.17) is 10.2 Å². The Hall–Kier alpha value is -2.02. The summed E-state index contributed by atoms with van der Waals surface area (Å²) in [6, 6.07) is 0.903. The minimum Gasteiger partial charge on any atom is -0.480 e. The maximum atomic E-state index is 12.8. The molecule has 0 radical (unpaired) electrons. The molecular formula is C10H9F2NO4. The van der Waals surface area contributed by atoms with Crippen molar-refractivity contribution in [2.24, 2.45) is 0 Å². The van der Waals surface area contributed by atoms with Crippen molar-refractivity contribution >= 4 is 11.9 Å². The van der Waals surface area contributed by atoms with Crippen molar-refractivity contribution in [1.29, 1.82) is 0 Å². The van der Waals surface area contributed by atoms with Crippen LogP contribution in [0.4, 0.5) is 8.78 Å². The molecule has 1 unspecified atom stereocenters. The Bertz CT molecular complexity index is 450. The number of halogens is 2. The van der Waals surface area contributed by atoms with Crippen molar-refractivity contribution < 1.29 is 28.6 Å². The highest BCUT2D eigenvalue weighted by Crippen LogP contribution is 2.08. The summed E-state index contributed by atoms with van der Waals surface area (Å²) in [4.78, 5) is 21.9. The summed E-state index contributed by atoms with van der Waals surface area (Å²) in [5.74, 6) is -4.67. The van der Waals surface area contributed by atoms with Gasteiger partial charge in [-0.25, -0.2) is 13.6 Å². The normalized spacial score (nSPS) is 11.9. The molecule has 17 heavy (non-hydrogen) atoms. The summed E-state index contributed by atoms with van der Waals surface area (Å²) < 4.78 is 25.4. The predicted octanol–water partition coefficient (Wildman–Crippen LogP) is 0.140. The zero-order valence-corrected chi connectivity index (χ0v) is 8.48. The minimum atomic E-state index is -1.49. The number of carbonyl (C=O) groups excluding carboxylic acids is 1. The summed E-state index contributed by atoms with van der Waals surface area (Å²) in [5, 5.41) is 19.2. The van der Waals surface area contributed by atoms with E-state index in [2.05, 4.69) is 0 Å². The van der Waals surface area contributed by atoms with Crippen LogP contribution in [0.1, 0.15) is 10.4 Å². The molecule has 0 aliphatic rings. The lowest BCUT2D eigenvalue weighted by molar-refractivity contribution is -0.140. The number of rotatable bonds is 4. The van der Waals surface area contributed by atoms with Crippen molar-refractivity contribution in [2.75, 3.05) is 6.61 Å². The van der Waals surface area contributed by atoms with Gasteiger partial charge in [-0.05, 0) is 18.2 Å². The number of aliphatic hydroxyl groups is 1. The molecule has 0 aliphatic heterocycles. The van der Waals surface area contributed by atoms with Gasteiger partial charge in [-0.15, -0.1) is 0 Å². The minimum absolute atomic E-state index is 0.233. The molecule has 5 nitrogen and oxygen atoms in total.